The number of anilines is 2. The Balaban J connectivity index is 1.40. The van der Waals surface area contributed by atoms with Crippen molar-refractivity contribution in [2.24, 2.45) is 5.92 Å². The fourth-order valence-corrected chi connectivity index (χ4v) is 4.25. The number of piperidine rings is 1. The number of hydrogen-bond donors (Lipinski definition) is 1. The Hall–Kier alpha value is -3.96. The van der Waals surface area contributed by atoms with E-state index in [1.165, 1.54) is 23.9 Å². The van der Waals surface area contributed by atoms with Crippen LogP contribution in [0.2, 0.25) is 0 Å². The summed E-state index contributed by atoms with van der Waals surface area (Å²) in [6.45, 7) is 6.99. The van der Waals surface area contributed by atoms with Crippen molar-refractivity contribution < 1.29 is 27.5 Å². The van der Waals surface area contributed by atoms with Gasteiger partial charge in [-0.25, -0.2) is 14.6 Å². The molecule has 3 aromatic rings. The molecule has 1 fully saturated rings. The van der Waals surface area contributed by atoms with Gasteiger partial charge in [0.2, 0.25) is 0 Å². The van der Waals surface area contributed by atoms with Crippen molar-refractivity contribution in [3.05, 3.63) is 59.2 Å². The van der Waals surface area contributed by atoms with E-state index in [-0.39, 0.29) is 17.4 Å². The number of esters is 1. The summed E-state index contributed by atoms with van der Waals surface area (Å²) in [5.74, 6) is 0.651. The molecule has 1 aliphatic heterocycles. The number of carbonyl (C=O) groups is 2. The first-order chi connectivity index (χ1) is 17.5. The summed E-state index contributed by atoms with van der Waals surface area (Å²) >= 11 is 0. The summed E-state index contributed by atoms with van der Waals surface area (Å²) in [6.07, 6.45) is 0.961. The maximum atomic E-state index is 12.9. The molecule has 0 spiro atoms. The molecule has 0 aliphatic carbocycles. The fourth-order valence-electron chi connectivity index (χ4n) is 4.25. The van der Waals surface area contributed by atoms with Gasteiger partial charge in [-0.15, -0.1) is 0 Å². The molecule has 4 heterocycles. The second kappa shape index (κ2) is 10.6. The van der Waals surface area contributed by atoms with Gasteiger partial charge >= 0.3 is 12.1 Å². The van der Waals surface area contributed by atoms with Gasteiger partial charge in [0.25, 0.3) is 5.91 Å². The van der Waals surface area contributed by atoms with E-state index in [1.54, 1.807) is 13.1 Å². The Morgan fingerprint density at radius 2 is 1.84 bits per heavy atom. The molecule has 0 aromatic carbocycles. The summed E-state index contributed by atoms with van der Waals surface area (Å²) in [5.41, 5.74) is 1.24. The van der Waals surface area contributed by atoms with Gasteiger partial charge in [-0.3, -0.25) is 9.59 Å². The van der Waals surface area contributed by atoms with Crippen LogP contribution in [0.3, 0.4) is 0 Å². The zero-order valence-corrected chi connectivity index (χ0v) is 20.7. The quantitative estimate of drug-likeness (QED) is 0.487. The van der Waals surface area contributed by atoms with Crippen LogP contribution in [-0.2, 0) is 15.7 Å². The van der Waals surface area contributed by atoms with Gasteiger partial charge in [-0.2, -0.15) is 18.3 Å². The minimum atomic E-state index is -4.49. The highest BCUT2D eigenvalue weighted by atomic mass is 19.4. The van der Waals surface area contributed by atoms with Crippen molar-refractivity contribution in [1.29, 1.82) is 0 Å². The van der Waals surface area contributed by atoms with Crippen LogP contribution in [-0.4, -0.2) is 51.3 Å². The van der Waals surface area contributed by atoms with E-state index in [0.717, 1.165) is 49.6 Å². The SMILES string of the molecule is CC(=O)OCC1CCN(c2ncc(NC(=O)c3cnn(-c4ccc(C(F)(F)F)cn4)c3C)cc2C)CC1. The molecular weight excluding hydrogens is 489 g/mol. The number of aromatic nitrogens is 4. The number of amides is 1. The molecular formula is C25H27F3N6O3. The molecule has 9 nitrogen and oxygen atoms in total. The normalized spacial score (nSPS) is 14.5. The third kappa shape index (κ3) is 6.07. The Kier molecular flexibility index (Phi) is 7.46. The van der Waals surface area contributed by atoms with Crippen molar-refractivity contribution in [3.8, 4) is 5.82 Å². The second-order valence-corrected chi connectivity index (χ2v) is 9.01. The standard InChI is InChI=1S/C25H27F3N6O3/c1-15-10-20(12-30-23(15)33-8-6-18(7-9-33)14-37-17(3)35)32-24(36)21-13-31-34(16(21)2)22-5-4-19(11-29-22)25(26,27)28/h4-5,10-13,18H,6-9,14H2,1-3H3,(H,32,36). The Morgan fingerprint density at radius 1 is 1.11 bits per heavy atom. The minimum Gasteiger partial charge on any atom is -0.466 e. The Morgan fingerprint density at radius 3 is 2.43 bits per heavy atom. The van der Waals surface area contributed by atoms with Crippen LogP contribution in [0.15, 0.2) is 36.8 Å². The van der Waals surface area contributed by atoms with Crippen LogP contribution in [0, 0.1) is 19.8 Å². The first-order valence-electron chi connectivity index (χ1n) is 11.8. The first-order valence-corrected chi connectivity index (χ1v) is 11.8. The molecule has 0 atom stereocenters. The van der Waals surface area contributed by atoms with Crippen molar-refractivity contribution in [2.75, 3.05) is 29.9 Å². The van der Waals surface area contributed by atoms with Crippen molar-refractivity contribution in [3.63, 3.8) is 0 Å². The molecule has 1 aliphatic rings. The lowest BCUT2D eigenvalue weighted by molar-refractivity contribution is -0.142. The molecule has 1 N–H and O–H groups in total. The topological polar surface area (TPSA) is 102 Å². The van der Waals surface area contributed by atoms with Gasteiger partial charge in [-0.1, -0.05) is 0 Å². The van der Waals surface area contributed by atoms with Crippen LogP contribution in [0.4, 0.5) is 24.7 Å². The summed E-state index contributed by atoms with van der Waals surface area (Å²) in [6, 6.07) is 3.96. The van der Waals surface area contributed by atoms with Crippen molar-refractivity contribution in [2.45, 2.75) is 39.8 Å². The van der Waals surface area contributed by atoms with Gasteiger partial charge in [0.1, 0.15) is 5.82 Å². The second-order valence-electron chi connectivity index (χ2n) is 9.01. The predicted molar refractivity (Wildman–Crippen MR) is 130 cm³/mol. The van der Waals surface area contributed by atoms with E-state index in [9.17, 15) is 22.8 Å². The third-order valence-corrected chi connectivity index (χ3v) is 6.29. The largest absolute Gasteiger partial charge is 0.466 e. The lowest BCUT2D eigenvalue weighted by Crippen LogP contribution is -2.36. The number of ether oxygens (including phenoxy) is 1. The highest BCUT2D eigenvalue weighted by molar-refractivity contribution is 6.05. The molecule has 1 amide bonds. The first kappa shape index (κ1) is 26.1. The number of nitrogens with zero attached hydrogens (tertiary/aromatic N) is 5. The van der Waals surface area contributed by atoms with Gasteiger partial charge in [0.15, 0.2) is 5.82 Å². The lowest BCUT2D eigenvalue weighted by Gasteiger charge is -2.33. The number of aryl methyl sites for hydroxylation is 1. The Bertz CT molecular complexity index is 1280. The fraction of sp³-hybridized carbons (Fsp3) is 0.400. The zero-order valence-electron chi connectivity index (χ0n) is 20.7. The van der Waals surface area contributed by atoms with Crippen LogP contribution >= 0.6 is 0 Å². The number of rotatable bonds is 6. The summed E-state index contributed by atoms with van der Waals surface area (Å²) in [7, 11) is 0. The average molecular weight is 517 g/mol. The molecule has 4 rings (SSSR count). The van der Waals surface area contributed by atoms with Gasteiger partial charge in [-0.05, 0) is 56.4 Å². The molecule has 0 bridgehead atoms. The number of pyridine rings is 2. The molecule has 12 heteroatoms. The van der Waals surface area contributed by atoms with Crippen LogP contribution in [0.5, 0.6) is 0 Å². The number of carbonyl (C=O) groups excluding carboxylic acids is 2. The number of alkyl halides is 3. The number of hydrogen-bond acceptors (Lipinski definition) is 7. The third-order valence-electron chi connectivity index (χ3n) is 6.29. The minimum absolute atomic E-state index is 0.169. The maximum Gasteiger partial charge on any atom is 0.417 e. The van der Waals surface area contributed by atoms with E-state index >= 15 is 0 Å². The van der Waals surface area contributed by atoms with Crippen molar-refractivity contribution >= 4 is 23.4 Å². The number of nitrogens with one attached hydrogen (secondary N) is 1. The van der Waals surface area contributed by atoms with E-state index in [4.69, 9.17) is 4.74 Å². The molecule has 196 valence electrons. The predicted octanol–water partition coefficient (Wildman–Crippen LogP) is 4.33. The van der Waals surface area contributed by atoms with E-state index in [0.29, 0.717) is 23.9 Å². The molecule has 0 unspecified atom stereocenters. The van der Waals surface area contributed by atoms with E-state index < -0.39 is 17.6 Å². The van der Waals surface area contributed by atoms with Gasteiger partial charge in [0, 0.05) is 26.2 Å². The van der Waals surface area contributed by atoms with Crippen molar-refractivity contribution in [1.82, 2.24) is 19.7 Å². The molecule has 1 saturated heterocycles. The highest BCUT2D eigenvalue weighted by Crippen LogP contribution is 2.29. The molecule has 37 heavy (non-hydrogen) atoms. The highest BCUT2D eigenvalue weighted by Gasteiger charge is 2.31. The molecule has 3 aromatic heterocycles. The van der Waals surface area contributed by atoms with Crippen LogP contribution < -0.4 is 10.2 Å². The number of halogens is 3. The van der Waals surface area contributed by atoms with Gasteiger partial charge < -0.3 is 15.0 Å². The zero-order chi connectivity index (χ0) is 26.7. The lowest BCUT2D eigenvalue weighted by atomic mass is 9.97. The molecule has 0 radical (unpaired) electrons. The average Bonchev–Trinajstić information content (AvgIpc) is 3.24. The maximum absolute atomic E-state index is 12.9. The smallest absolute Gasteiger partial charge is 0.417 e. The monoisotopic (exact) mass is 516 g/mol. The molecule has 0 saturated carbocycles. The van der Waals surface area contributed by atoms with Gasteiger partial charge in [0.05, 0.1) is 41.5 Å². The van der Waals surface area contributed by atoms with Crippen LogP contribution in [0.25, 0.3) is 5.82 Å². The van der Waals surface area contributed by atoms with E-state index in [1.807, 2.05) is 13.0 Å². The summed E-state index contributed by atoms with van der Waals surface area (Å²) < 4.78 is 44.9. The summed E-state index contributed by atoms with van der Waals surface area (Å²) in [5, 5.41) is 6.93. The Labute approximate surface area is 211 Å². The van der Waals surface area contributed by atoms with E-state index in [2.05, 4.69) is 25.3 Å². The summed E-state index contributed by atoms with van der Waals surface area (Å²) in [4.78, 5) is 34.5. The van der Waals surface area contributed by atoms with Crippen LogP contribution in [0.1, 0.15) is 46.9 Å².